The fourth-order valence-electron chi connectivity index (χ4n) is 2.19. The first-order chi connectivity index (χ1) is 10.8. The topological polar surface area (TPSA) is 77.3 Å². The van der Waals surface area contributed by atoms with E-state index >= 15 is 0 Å². The highest BCUT2D eigenvalue weighted by molar-refractivity contribution is 7.17. The standard InChI is InChI=1S/C16H23N3O3S/c1-7-16(5,21-6)8-17-14(20)13-10(3)18-15(23-13)12-9(2)19-22-11(12)4/h7-8H2,1-6H3,(H,17,20). The molecule has 0 radical (unpaired) electrons. The Morgan fingerprint density at radius 2 is 2.04 bits per heavy atom. The molecule has 1 amide bonds. The zero-order valence-electron chi connectivity index (χ0n) is 14.4. The Morgan fingerprint density at radius 1 is 1.35 bits per heavy atom. The van der Waals surface area contributed by atoms with Crippen LogP contribution in [0.3, 0.4) is 0 Å². The van der Waals surface area contributed by atoms with Gasteiger partial charge in [-0.3, -0.25) is 4.79 Å². The molecule has 0 bridgehead atoms. The van der Waals surface area contributed by atoms with Crippen LogP contribution < -0.4 is 5.32 Å². The van der Waals surface area contributed by atoms with Gasteiger partial charge >= 0.3 is 0 Å². The number of aryl methyl sites for hydroxylation is 3. The van der Waals surface area contributed by atoms with Gasteiger partial charge in [-0.25, -0.2) is 4.98 Å². The fourth-order valence-corrected chi connectivity index (χ4v) is 3.32. The lowest BCUT2D eigenvalue weighted by atomic mass is 10.0. The van der Waals surface area contributed by atoms with Crippen LogP contribution in [0, 0.1) is 20.8 Å². The second-order valence-corrected chi connectivity index (χ2v) is 6.82. The van der Waals surface area contributed by atoms with Crippen LogP contribution in [0.4, 0.5) is 0 Å². The van der Waals surface area contributed by atoms with Crippen LogP contribution in [0.2, 0.25) is 0 Å². The van der Waals surface area contributed by atoms with Gasteiger partial charge in [0.15, 0.2) is 0 Å². The van der Waals surface area contributed by atoms with Gasteiger partial charge in [-0.1, -0.05) is 12.1 Å². The zero-order valence-corrected chi connectivity index (χ0v) is 15.3. The van der Waals surface area contributed by atoms with E-state index in [1.54, 1.807) is 7.11 Å². The van der Waals surface area contributed by atoms with Crippen molar-refractivity contribution in [2.24, 2.45) is 0 Å². The Morgan fingerprint density at radius 3 is 2.57 bits per heavy atom. The average Bonchev–Trinajstić information content (AvgIpc) is 3.07. The molecule has 0 aliphatic heterocycles. The number of thiazole rings is 1. The zero-order chi connectivity index (χ0) is 17.2. The number of methoxy groups -OCH3 is 1. The number of ether oxygens (including phenoxy) is 1. The maximum atomic E-state index is 12.5. The molecule has 1 N–H and O–H groups in total. The summed E-state index contributed by atoms with van der Waals surface area (Å²) in [6.07, 6.45) is 0.815. The number of aromatic nitrogens is 2. The van der Waals surface area contributed by atoms with Gasteiger partial charge in [-0.2, -0.15) is 0 Å². The molecule has 0 aliphatic rings. The molecule has 23 heavy (non-hydrogen) atoms. The summed E-state index contributed by atoms with van der Waals surface area (Å²) in [7, 11) is 1.66. The minimum Gasteiger partial charge on any atom is -0.377 e. The largest absolute Gasteiger partial charge is 0.377 e. The molecule has 1 atom stereocenters. The molecule has 0 aliphatic carbocycles. The van der Waals surface area contributed by atoms with Crippen LogP contribution >= 0.6 is 11.3 Å². The molecule has 2 heterocycles. The van der Waals surface area contributed by atoms with Crippen LogP contribution in [-0.4, -0.2) is 35.3 Å². The summed E-state index contributed by atoms with van der Waals surface area (Å²) in [4.78, 5) is 17.6. The Kier molecular flexibility index (Phi) is 5.21. The van der Waals surface area contributed by atoms with Crippen molar-refractivity contribution in [2.45, 2.75) is 46.6 Å². The van der Waals surface area contributed by atoms with E-state index in [4.69, 9.17) is 9.26 Å². The van der Waals surface area contributed by atoms with Crippen molar-refractivity contribution < 1.29 is 14.1 Å². The molecule has 0 aromatic carbocycles. The van der Waals surface area contributed by atoms with E-state index in [2.05, 4.69) is 15.5 Å². The predicted molar refractivity (Wildman–Crippen MR) is 89.9 cm³/mol. The molecule has 2 aromatic rings. The molecular weight excluding hydrogens is 314 g/mol. The number of nitrogens with one attached hydrogen (secondary N) is 1. The summed E-state index contributed by atoms with van der Waals surface area (Å²) in [6.45, 7) is 10.0. The van der Waals surface area contributed by atoms with Crippen LogP contribution in [0.5, 0.6) is 0 Å². The number of hydrogen-bond donors (Lipinski definition) is 1. The van der Waals surface area contributed by atoms with Gasteiger partial charge < -0.3 is 14.6 Å². The number of carbonyl (C=O) groups is 1. The van der Waals surface area contributed by atoms with Crippen molar-refractivity contribution in [3.63, 3.8) is 0 Å². The summed E-state index contributed by atoms with van der Waals surface area (Å²) in [5.74, 6) is 0.580. The Labute approximate surface area is 140 Å². The Hall–Kier alpha value is -1.73. The lowest BCUT2D eigenvalue weighted by molar-refractivity contribution is 0.00414. The summed E-state index contributed by atoms with van der Waals surface area (Å²) >= 11 is 1.36. The van der Waals surface area contributed by atoms with Gasteiger partial charge in [0.05, 0.1) is 22.6 Å². The molecule has 1 unspecified atom stereocenters. The summed E-state index contributed by atoms with van der Waals surface area (Å²) in [6, 6.07) is 0. The Balaban J connectivity index is 2.20. The molecular formula is C16H23N3O3S. The first-order valence-electron chi connectivity index (χ1n) is 7.55. The number of hydrogen-bond acceptors (Lipinski definition) is 6. The minimum atomic E-state index is -0.362. The lowest BCUT2D eigenvalue weighted by Gasteiger charge is -2.26. The van der Waals surface area contributed by atoms with Gasteiger partial charge in [-0.05, 0) is 34.1 Å². The first-order valence-corrected chi connectivity index (χ1v) is 8.37. The highest BCUT2D eigenvalue weighted by Gasteiger charge is 2.25. The van der Waals surface area contributed by atoms with E-state index in [1.165, 1.54) is 11.3 Å². The third-order valence-corrected chi connectivity index (χ3v) is 5.29. The summed E-state index contributed by atoms with van der Waals surface area (Å²) in [5.41, 5.74) is 1.99. The summed E-state index contributed by atoms with van der Waals surface area (Å²) < 4.78 is 10.6. The smallest absolute Gasteiger partial charge is 0.263 e. The fraction of sp³-hybridized carbons (Fsp3) is 0.562. The summed E-state index contributed by atoms with van der Waals surface area (Å²) in [5, 5.41) is 7.64. The van der Waals surface area contributed by atoms with Crippen molar-refractivity contribution in [2.75, 3.05) is 13.7 Å². The molecule has 0 saturated carbocycles. The monoisotopic (exact) mass is 337 g/mol. The number of carbonyl (C=O) groups excluding carboxylic acids is 1. The quantitative estimate of drug-likeness (QED) is 0.875. The van der Waals surface area contributed by atoms with E-state index in [9.17, 15) is 4.79 Å². The molecule has 2 rings (SSSR count). The van der Waals surface area contributed by atoms with Crippen molar-refractivity contribution in [3.8, 4) is 10.6 Å². The van der Waals surface area contributed by atoms with E-state index < -0.39 is 0 Å². The van der Waals surface area contributed by atoms with Gasteiger partial charge in [0.1, 0.15) is 15.6 Å². The van der Waals surface area contributed by atoms with Gasteiger partial charge in [0.2, 0.25) is 0 Å². The molecule has 0 fully saturated rings. The minimum absolute atomic E-state index is 0.130. The first kappa shape index (κ1) is 17.6. The third-order valence-electron chi connectivity index (χ3n) is 4.11. The number of nitrogens with zero attached hydrogens (tertiary/aromatic N) is 2. The Bertz CT molecular complexity index is 682. The predicted octanol–water partition coefficient (Wildman–Crippen LogP) is 3.27. The molecule has 126 valence electrons. The van der Waals surface area contributed by atoms with Gasteiger partial charge in [0, 0.05) is 13.7 Å². The van der Waals surface area contributed by atoms with Crippen molar-refractivity contribution in [3.05, 3.63) is 22.0 Å². The van der Waals surface area contributed by atoms with E-state index in [0.29, 0.717) is 22.9 Å². The number of amides is 1. The third kappa shape index (κ3) is 3.61. The normalized spacial score (nSPS) is 13.8. The van der Waals surface area contributed by atoms with Crippen LogP contribution in [0.1, 0.15) is 47.1 Å². The van der Waals surface area contributed by atoms with Gasteiger partial charge in [0.25, 0.3) is 5.91 Å². The molecule has 6 nitrogen and oxygen atoms in total. The van der Waals surface area contributed by atoms with Crippen LogP contribution in [0.25, 0.3) is 10.6 Å². The lowest BCUT2D eigenvalue weighted by Crippen LogP contribution is -2.41. The molecule has 7 heteroatoms. The van der Waals surface area contributed by atoms with E-state index in [1.807, 2.05) is 34.6 Å². The SMILES string of the molecule is CCC(C)(CNC(=O)c1sc(-c2c(C)noc2C)nc1C)OC. The second-order valence-electron chi connectivity index (χ2n) is 5.82. The van der Waals surface area contributed by atoms with Crippen LogP contribution in [-0.2, 0) is 4.74 Å². The maximum absolute atomic E-state index is 12.5. The van der Waals surface area contributed by atoms with Crippen molar-refractivity contribution in [1.82, 2.24) is 15.5 Å². The average molecular weight is 337 g/mol. The maximum Gasteiger partial charge on any atom is 0.263 e. The highest BCUT2D eigenvalue weighted by atomic mass is 32.1. The molecule has 0 saturated heterocycles. The van der Waals surface area contributed by atoms with E-state index in [-0.39, 0.29) is 11.5 Å². The van der Waals surface area contributed by atoms with E-state index in [0.717, 1.165) is 22.7 Å². The number of rotatable bonds is 6. The highest BCUT2D eigenvalue weighted by Crippen LogP contribution is 2.32. The molecule has 2 aromatic heterocycles. The van der Waals surface area contributed by atoms with Crippen LogP contribution in [0.15, 0.2) is 4.52 Å². The second kappa shape index (κ2) is 6.80. The van der Waals surface area contributed by atoms with Gasteiger partial charge in [-0.15, -0.1) is 11.3 Å². The van der Waals surface area contributed by atoms with Crippen molar-refractivity contribution >= 4 is 17.2 Å². The molecule has 0 spiro atoms. The van der Waals surface area contributed by atoms with Crippen molar-refractivity contribution in [1.29, 1.82) is 0 Å².